The van der Waals surface area contributed by atoms with Crippen molar-refractivity contribution in [2.24, 2.45) is 0 Å². The Kier molecular flexibility index (Phi) is 7.26. The highest BCUT2D eigenvalue weighted by atomic mass is 14.9. The van der Waals surface area contributed by atoms with E-state index in [4.69, 9.17) is 9.97 Å². The van der Waals surface area contributed by atoms with Crippen LogP contribution in [0.25, 0.3) is 120 Å². The van der Waals surface area contributed by atoms with Crippen molar-refractivity contribution >= 4 is 75.5 Å². The molecule has 2 heteroatoms. The zero-order valence-corrected chi connectivity index (χ0v) is 31.5. The fourth-order valence-electron chi connectivity index (χ4n) is 9.43. The zero-order valence-electron chi connectivity index (χ0n) is 31.5. The van der Waals surface area contributed by atoms with Crippen LogP contribution in [0.15, 0.2) is 206 Å². The van der Waals surface area contributed by atoms with E-state index in [9.17, 15) is 0 Å². The van der Waals surface area contributed by atoms with Gasteiger partial charge in [-0.05, 0) is 99.0 Å². The van der Waals surface area contributed by atoms with Crippen LogP contribution in [0.2, 0.25) is 0 Å². The SMILES string of the molecule is c1ccc(-c2nc(-c3ccc(-c4ccc(-c5cc6cccc7c8ccccc8c8ccccc8c8cccc5c8c67)c5ccccc45)cc3)nc3ccccc23)cc1. The summed E-state index contributed by atoms with van der Waals surface area (Å²) in [5, 5.41) is 16.3. The van der Waals surface area contributed by atoms with Crippen LogP contribution in [-0.2, 0) is 0 Å². The van der Waals surface area contributed by atoms with Gasteiger partial charge in [-0.15, -0.1) is 0 Å². The molecule has 0 fully saturated rings. The van der Waals surface area contributed by atoms with E-state index in [0.717, 1.165) is 39.1 Å². The van der Waals surface area contributed by atoms with Crippen LogP contribution < -0.4 is 0 Å². The van der Waals surface area contributed by atoms with Crippen LogP contribution in [0.1, 0.15) is 0 Å². The molecule has 0 aliphatic rings. The van der Waals surface area contributed by atoms with Crippen LogP contribution in [-0.4, -0.2) is 9.97 Å². The summed E-state index contributed by atoms with van der Waals surface area (Å²) in [6.07, 6.45) is 0. The van der Waals surface area contributed by atoms with E-state index in [0.29, 0.717) is 0 Å². The molecule has 1 heterocycles. The second kappa shape index (κ2) is 12.9. The minimum absolute atomic E-state index is 0.723. The van der Waals surface area contributed by atoms with Crippen LogP contribution in [0.4, 0.5) is 0 Å². The van der Waals surface area contributed by atoms with Crippen LogP contribution in [0.5, 0.6) is 0 Å². The second-order valence-electron chi connectivity index (χ2n) is 15.2. The normalized spacial score (nSPS) is 11.8. The molecule has 1 aromatic heterocycles. The summed E-state index contributed by atoms with van der Waals surface area (Å²) in [6, 6.07) is 74.8. The minimum atomic E-state index is 0.723. The number of rotatable bonds is 4. The van der Waals surface area contributed by atoms with Crippen molar-refractivity contribution in [2.75, 3.05) is 0 Å². The number of nitrogens with zero attached hydrogens (tertiary/aromatic N) is 2. The van der Waals surface area contributed by atoms with Crippen molar-refractivity contribution in [1.82, 2.24) is 9.97 Å². The number of aromatic nitrogens is 2. The van der Waals surface area contributed by atoms with Crippen molar-refractivity contribution in [1.29, 1.82) is 0 Å². The molecule has 0 N–H and O–H groups in total. The molecule has 0 aliphatic carbocycles. The number of hydrogen-bond donors (Lipinski definition) is 0. The standard InChI is InChI=1S/C56H34N2/c1-2-14-36(15-3-1)55-50-23-10-11-27-52(50)57-56(58-55)37-30-28-35(29-31-37)39-32-33-46(41-18-5-4-17-40(39)41)51-34-38-16-12-24-47-44-21-8-6-19-42(44)43-20-7-9-22-45(43)48-25-13-26-49(51)54(48)53(38)47/h1-34H. The third-order valence-electron chi connectivity index (χ3n) is 12.0. The van der Waals surface area contributed by atoms with E-state index in [1.54, 1.807) is 0 Å². The lowest BCUT2D eigenvalue weighted by atomic mass is 9.85. The molecule has 0 spiro atoms. The Morgan fingerprint density at radius 2 is 0.759 bits per heavy atom. The molecule has 0 bridgehead atoms. The highest BCUT2D eigenvalue weighted by molar-refractivity contribution is 6.34. The van der Waals surface area contributed by atoms with Gasteiger partial charge in [-0.3, -0.25) is 0 Å². The minimum Gasteiger partial charge on any atom is -0.228 e. The van der Waals surface area contributed by atoms with Gasteiger partial charge in [0.1, 0.15) is 0 Å². The maximum atomic E-state index is 5.12. The van der Waals surface area contributed by atoms with Gasteiger partial charge in [0.15, 0.2) is 5.82 Å². The molecule has 2 nitrogen and oxygen atoms in total. The summed E-state index contributed by atoms with van der Waals surface area (Å²) < 4.78 is 0. The van der Waals surface area contributed by atoms with Gasteiger partial charge >= 0.3 is 0 Å². The number of benzene rings is 10. The van der Waals surface area contributed by atoms with Gasteiger partial charge in [-0.1, -0.05) is 194 Å². The molecular weight excluding hydrogens is 701 g/mol. The number of fused-ring (bicyclic) bond motifs is 7. The monoisotopic (exact) mass is 734 g/mol. The van der Waals surface area contributed by atoms with Gasteiger partial charge in [0.05, 0.1) is 11.2 Å². The molecule has 0 amide bonds. The van der Waals surface area contributed by atoms with Gasteiger partial charge in [0.25, 0.3) is 0 Å². The molecule has 0 saturated carbocycles. The second-order valence-corrected chi connectivity index (χ2v) is 15.2. The van der Waals surface area contributed by atoms with Crippen molar-refractivity contribution in [3.8, 4) is 44.9 Å². The smallest absolute Gasteiger partial charge is 0.160 e. The van der Waals surface area contributed by atoms with Crippen molar-refractivity contribution in [3.63, 3.8) is 0 Å². The van der Waals surface area contributed by atoms with Gasteiger partial charge in [-0.25, -0.2) is 9.97 Å². The lowest BCUT2D eigenvalue weighted by Gasteiger charge is -2.18. The van der Waals surface area contributed by atoms with Gasteiger partial charge < -0.3 is 0 Å². The van der Waals surface area contributed by atoms with E-state index in [1.165, 1.54) is 81.3 Å². The fourth-order valence-corrected chi connectivity index (χ4v) is 9.43. The summed E-state index contributed by atoms with van der Waals surface area (Å²) in [4.78, 5) is 10.1. The fraction of sp³-hybridized carbons (Fsp3) is 0. The Bertz CT molecular complexity index is 3610. The van der Waals surface area contributed by atoms with Crippen LogP contribution in [0.3, 0.4) is 0 Å². The summed E-state index contributed by atoms with van der Waals surface area (Å²) in [6.45, 7) is 0. The Balaban J connectivity index is 1.05. The van der Waals surface area contributed by atoms with Crippen molar-refractivity contribution in [3.05, 3.63) is 206 Å². The topological polar surface area (TPSA) is 25.8 Å². The molecule has 11 aromatic carbocycles. The third-order valence-corrected chi connectivity index (χ3v) is 12.0. The molecule has 268 valence electrons. The molecule has 0 aliphatic heterocycles. The molecule has 12 rings (SSSR count). The maximum absolute atomic E-state index is 5.12. The van der Waals surface area contributed by atoms with E-state index >= 15 is 0 Å². The molecule has 0 saturated heterocycles. The predicted octanol–water partition coefficient (Wildman–Crippen LogP) is 15.2. The molecule has 0 radical (unpaired) electrons. The van der Waals surface area contributed by atoms with Crippen molar-refractivity contribution in [2.45, 2.75) is 0 Å². The Morgan fingerprint density at radius 1 is 0.259 bits per heavy atom. The lowest BCUT2D eigenvalue weighted by Crippen LogP contribution is -1.95. The van der Waals surface area contributed by atoms with Crippen LogP contribution >= 0.6 is 0 Å². The summed E-state index contributed by atoms with van der Waals surface area (Å²) in [5.74, 6) is 0.723. The quantitative estimate of drug-likeness (QED) is 0.168. The Labute approximate surface area is 335 Å². The molecule has 12 aromatic rings. The molecule has 0 unspecified atom stereocenters. The highest BCUT2D eigenvalue weighted by Crippen LogP contribution is 2.46. The average molecular weight is 735 g/mol. The lowest BCUT2D eigenvalue weighted by molar-refractivity contribution is 1.23. The molecule has 58 heavy (non-hydrogen) atoms. The Morgan fingerprint density at radius 3 is 1.47 bits per heavy atom. The van der Waals surface area contributed by atoms with E-state index in [1.807, 2.05) is 12.1 Å². The average Bonchev–Trinajstić information content (AvgIpc) is 3.30. The number of para-hydroxylation sites is 1. The number of hydrogen-bond acceptors (Lipinski definition) is 2. The molecular formula is C56H34N2. The van der Waals surface area contributed by atoms with E-state index in [-0.39, 0.29) is 0 Å². The summed E-state index contributed by atoms with van der Waals surface area (Å²) in [5.41, 5.74) is 8.78. The first kappa shape index (κ1) is 32.6. The molecule has 0 atom stereocenters. The van der Waals surface area contributed by atoms with Crippen molar-refractivity contribution < 1.29 is 0 Å². The predicted molar refractivity (Wildman–Crippen MR) is 246 cm³/mol. The Hall–Kier alpha value is -7.68. The first-order valence-electron chi connectivity index (χ1n) is 19.9. The first-order chi connectivity index (χ1) is 28.8. The first-order valence-corrected chi connectivity index (χ1v) is 19.9. The van der Waals surface area contributed by atoms with Crippen LogP contribution in [0, 0.1) is 0 Å². The van der Waals surface area contributed by atoms with Gasteiger partial charge in [0.2, 0.25) is 0 Å². The summed E-state index contributed by atoms with van der Waals surface area (Å²) in [7, 11) is 0. The van der Waals surface area contributed by atoms with Gasteiger partial charge in [0, 0.05) is 16.5 Å². The van der Waals surface area contributed by atoms with E-state index < -0.39 is 0 Å². The van der Waals surface area contributed by atoms with E-state index in [2.05, 4.69) is 194 Å². The highest BCUT2D eigenvalue weighted by Gasteiger charge is 2.18. The van der Waals surface area contributed by atoms with Gasteiger partial charge in [-0.2, -0.15) is 0 Å². The summed E-state index contributed by atoms with van der Waals surface area (Å²) >= 11 is 0. The maximum Gasteiger partial charge on any atom is 0.160 e. The largest absolute Gasteiger partial charge is 0.228 e. The zero-order chi connectivity index (χ0) is 38.2. The third kappa shape index (κ3) is 4.99.